The van der Waals surface area contributed by atoms with E-state index in [1.165, 1.54) is 104 Å². The van der Waals surface area contributed by atoms with Crippen LogP contribution < -0.4 is 4.90 Å². The van der Waals surface area contributed by atoms with Crippen LogP contribution in [0.5, 0.6) is 0 Å². The van der Waals surface area contributed by atoms with Crippen molar-refractivity contribution in [2.24, 2.45) is 0 Å². The normalized spacial score (nSPS) is 12.3. The Morgan fingerprint density at radius 2 is 0.750 bits per heavy atom. The van der Waals surface area contributed by atoms with Crippen LogP contribution in [0.15, 0.2) is 218 Å². The van der Waals surface area contributed by atoms with Gasteiger partial charge in [0.2, 0.25) is 0 Å². The average molecular weight is 875 g/mol. The van der Waals surface area contributed by atoms with E-state index in [1.807, 2.05) is 0 Å². The fourth-order valence-corrected chi connectivity index (χ4v) is 10.6. The van der Waals surface area contributed by atoms with E-state index in [4.69, 9.17) is 0 Å². The fraction of sp³-hybridized carbons (Fsp3) is 0.121. The zero-order valence-electron chi connectivity index (χ0n) is 39.7. The quantitative estimate of drug-likeness (QED) is 0.145. The molecule has 12 aromatic rings. The summed E-state index contributed by atoms with van der Waals surface area (Å²) < 4.78 is 2.52. The lowest BCUT2D eigenvalue weighted by molar-refractivity contribution is 0.590. The van der Waals surface area contributed by atoms with E-state index < -0.39 is 0 Å². The van der Waals surface area contributed by atoms with E-state index in [-0.39, 0.29) is 10.8 Å². The van der Waals surface area contributed by atoms with Crippen molar-refractivity contribution in [3.8, 4) is 39.1 Å². The molecule has 0 N–H and O–H groups in total. The molecule has 2 nitrogen and oxygen atoms in total. The average Bonchev–Trinajstić information content (AvgIpc) is 3.69. The minimum Gasteiger partial charge on any atom is -0.310 e. The molecule has 12 rings (SSSR count). The van der Waals surface area contributed by atoms with Gasteiger partial charge in [0.1, 0.15) is 0 Å². The minimum atomic E-state index is 0.0289. The van der Waals surface area contributed by atoms with Gasteiger partial charge in [0, 0.05) is 32.9 Å². The number of benzene rings is 11. The highest BCUT2D eigenvalue weighted by molar-refractivity contribution is 6.27. The Kier molecular flexibility index (Phi) is 9.67. The van der Waals surface area contributed by atoms with Crippen molar-refractivity contribution in [3.05, 3.63) is 230 Å². The monoisotopic (exact) mass is 874 g/mol. The largest absolute Gasteiger partial charge is 0.310 e. The molecular weight excluding hydrogens is 821 g/mol. The van der Waals surface area contributed by atoms with Crippen LogP contribution in [0.25, 0.3) is 93.2 Å². The van der Waals surface area contributed by atoms with Crippen molar-refractivity contribution in [1.82, 2.24) is 4.57 Å². The summed E-state index contributed by atoms with van der Waals surface area (Å²) >= 11 is 0. The second-order valence-corrected chi connectivity index (χ2v) is 20.6. The highest BCUT2D eigenvalue weighted by Crippen LogP contribution is 2.47. The number of hydrogen-bond donors (Lipinski definition) is 0. The predicted molar refractivity (Wildman–Crippen MR) is 293 cm³/mol. The second-order valence-electron chi connectivity index (χ2n) is 20.6. The van der Waals surface area contributed by atoms with Gasteiger partial charge in [-0.2, -0.15) is 0 Å². The molecule has 0 amide bonds. The van der Waals surface area contributed by atoms with Crippen molar-refractivity contribution in [2.75, 3.05) is 4.90 Å². The van der Waals surface area contributed by atoms with Gasteiger partial charge < -0.3 is 9.47 Å². The molecule has 0 unspecified atom stereocenters. The van der Waals surface area contributed by atoms with Crippen LogP contribution in [0.4, 0.5) is 17.1 Å². The van der Waals surface area contributed by atoms with Gasteiger partial charge in [-0.15, -0.1) is 0 Å². The maximum absolute atomic E-state index is 2.52. The molecule has 68 heavy (non-hydrogen) atoms. The summed E-state index contributed by atoms with van der Waals surface area (Å²) in [4.78, 5) is 2.47. The Morgan fingerprint density at radius 1 is 0.324 bits per heavy atom. The number of hydrogen-bond acceptors (Lipinski definition) is 1. The Balaban J connectivity index is 1.07. The molecule has 0 saturated carbocycles. The summed E-state index contributed by atoms with van der Waals surface area (Å²) in [7, 11) is 0. The molecule has 0 atom stereocenters. The smallest absolute Gasteiger partial charge is 0.0541 e. The van der Waals surface area contributed by atoms with Gasteiger partial charge in [0.15, 0.2) is 0 Å². The lowest BCUT2D eigenvalue weighted by Crippen LogP contribution is -2.11. The summed E-state index contributed by atoms with van der Waals surface area (Å²) in [6.45, 7) is 13.9. The molecule has 0 bridgehead atoms. The molecule has 0 aliphatic carbocycles. The van der Waals surface area contributed by atoms with Crippen molar-refractivity contribution < 1.29 is 0 Å². The number of anilines is 3. The van der Waals surface area contributed by atoms with E-state index in [1.54, 1.807) is 0 Å². The molecule has 0 radical (unpaired) electrons. The zero-order chi connectivity index (χ0) is 46.3. The van der Waals surface area contributed by atoms with E-state index >= 15 is 0 Å². The third-order valence-corrected chi connectivity index (χ3v) is 14.2. The Hall–Kier alpha value is -7.94. The maximum Gasteiger partial charge on any atom is 0.0541 e. The van der Waals surface area contributed by atoms with Crippen molar-refractivity contribution >= 4 is 71.2 Å². The number of rotatable bonds is 7. The van der Waals surface area contributed by atoms with Gasteiger partial charge in [0.05, 0.1) is 22.4 Å². The molecular formula is C66H54N2. The van der Waals surface area contributed by atoms with E-state index in [0.29, 0.717) is 0 Å². The summed E-state index contributed by atoms with van der Waals surface area (Å²) in [6.07, 6.45) is 0. The summed E-state index contributed by atoms with van der Waals surface area (Å²) in [5, 5.41) is 10.1. The van der Waals surface area contributed by atoms with Crippen molar-refractivity contribution in [3.63, 3.8) is 0 Å². The first-order chi connectivity index (χ1) is 33.0. The Morgan fingerprint density at radius 3 is 1.28 bits per heavy atom. The number of nitrogens with zero attached hydrogens (tertiary/aromatic N) is 2. The zero-order valence-corrected chi connectivity index (χ0v) is 39.7. The van der Waals surface area contributed by atoms with Crippen LogP contribution in [-0.4, -0.2) is 4.57 Å². The standard InChI is InChI=1S/C66H54N2/c1-65(2,3)51-31-37-61-57(41-51)58-42-52(66(4,5)6)32-38-62(58)68(61)60-36-30-48-27-33-55-59(35-29-47-28-34-56(60)64(48)63(47)55)67(53-21-13-19-49(39-53)44-17-11-8-12-18-44)54-22-14-20-50(40-54)46-25-23-45(24-26-46)43-15-9-7-10-16-43/h7-42H,1-6H3. The first-order valence-corrected chi connectivity index (χ1v) is 24.0. The second kappa shape index (κ2) is 15.9. The minimum absolute atomic E-state index is 0.0289. The fourth-order valence-electron chi connectivity index (χ4n) is 10.6. The third kappa shape index (κ3) is 7.02. The summed E-state index contributed by atoms with van der Waals surface area (Å²) in [5.41, 5.74) is 16.9. The lowest BCUT2D eigenvalue weighted by Gasteiger charge is -2.28. The molecule has 0 spiro atoms. The van der Waals surface area contributed by atoms with Gasteiger partial charge in [0.25, 0.3) is 0 Å². The SMILES string of the molecule is CC(C)(C)c1ccc2c(c1)c1cc(C(C)(C)C)ccc1n2-c1ccc2ccc3c(N(c4cccc(-c5ccccc5)c4)c4cccc(-c5ccc(-c6ccccc6)cc5)c4)ccc4ccc1c2c43. The van der Waals surface area contributed by atoms with Crippen molar-refractivity contribution in [1.29, 1.82) is 0 Å². The Labute approximate surface area is 399 Å². The molecule has 0 aliphatic rings. The number of aromatic nitrogens is 1. The van der Waals surface area contributed by atoms with Crippen molar-refractivity contribution in [2.45, 2.75) is 52.4 Å². The number of fused-ring (bicyclic) bond motifs is 3. The highest BCUT2D eigenvalue weighted by atomic mass is 15.1. The molecule has 1 aromatic heterocycles. The van der Waals surface area contributed by atoms with Gasteiger partial charge >= 0.3 is 0 Å². The van der Waals surface area contributed by atoms with Gasteiger partial charge in [-0.05, 0) is 138 Å². The summed E-state index contributed by atoms with van der Waals surface area (Å²) in [6, 6.07) is 81.3. The van der Waals surface area contributed by atoms with Gasteiger partial charge in [-0.1, -0.05) is 199 Å². The van der Waals surface area contributed by atoms with Crippen LogP contribution in [-0.2, 0) is 10.8 Å². The molecule has 1 heterocycles. The first-order valence-electron chi connectivity index (χ1n) is 24.0. The molecule has 0 fully saturated rings. The van der Waals surface area contributed by atoms with Crippen LogP contribution >= 0.6 is 0 Å². The predicted octanol–water partition coefficient (Wildman–Crippen LogP) is 18.7. The van der Waals surface area contributed by atoms with Gasteiger partial charge in [-0.25, -0.2) is 0 Å². The van der Waals surface area contributed by atoms with E-state index in [0.717, 1.165) is 17.1 Å². The van der Waals surface area contributed by atoms with Crippen LogP contribution in [0.3, 0.4) is 0 Å². The molecule has 2 heteroatoms. The first kappa shape index (κ1) is 41.5. The third-order valence-electron chi connectivity index (χ3n) is 14.2. The molecule has 328 valence electrons. The van der Waals surface area contributed by atoms with E-state index in [9.17, 15) is 0 Å². The topological polar surface area (TPSA) is 8.17 Å². The Bertz CT molecular complexity index is 3770. The highest BCUT2D eigenvalue weighted by Gasteiger charge is 2.24. The van der Waals surface area contributed by atoms with Crippen LogP contribution in [0, 0.1) is 0 Å². The summed E-state index contributed by atoms with van der Waals surface area (Å²) in [5.74, 6) is 0. The van der Waals surface area contributed by atoms with Crippen LogP contribution in [0.1, 0.15) is 52.7 Å². The molecule has 0 saturated heterocycles. The molecule has 0 aliphatic heterocycles. The van der Waals surface area contributed by atoms with E-state index in [2.05, 4.69) is 269 Å². The maximum atomic E-state index is 2.52. The van der Waals surface area contributed by atoms with Crippen LogP contribution in [0.2, 0.25) is 0 Å². The van der Waals surface area contributed by atoms with Gasteiger partial charge in [-0.3, -0.25) is 0 Å². The molecule has 11 aromatic carbocycles. The lowest BCUT2D eigenvalue weighted by atomic mass is 9.85.